The maximum absolute atomic E-state index is 14.8. The Hall–Kier alpha value is -2.91. The van der Waals surface area contributed by atoms with Crippen LogP contribution in [0.1, 0.15) is 57.9 Å². The first-order valence-electron chi connectivity index (χ1n) is 12.0. The zero-order valence-corrected chi connectivity index (χ0v) is 19.8. The van der Waals surface area contributed by atoms with Crippen molar-refractivity contribution in [3.63, 3.8) is 0 Å². The van der Waals surface area contributed by atoms with Gasteiger partial charge < -0.3 is 9.84 Å². The quantitative estimate of drug-likeness (QED) is 0.282. The van der Waals surface area contributed by atoms with E-state index in [1.165, 1.54) is 12.8 Å². The van der Waals surface area contributed by atoms with Crippen molar-refractivity contribution < 1.29 is 14.2 Å². The number of hydrogen-bond donors (Lipinski definition) is 1. The Bertz CT molecular complexity index is 1010. The number of aromatic hydroxyl groups is 1. The van der Waals surface area contributed by atoms with Crippen LogP contribution >= 0.6 is 0 Å². The van der Waals surface area contributed by atoms with Gasteiger partial charge in [0.1, 0.15) is 11.6 Å². The predicted molar refractivity (Wildman–Crippen MR) is 137 cm³/mol. The molecule has 0 radical (unpaired) electrons. The molecule has 174 valence electrons. The highest BCUT2D eigenvalue weighted by Gasteiger charge is 2.07. The fourth-order valence-electron chi connectivity index (χ4n) is 3.83. The number of phenolic OH excluding ortho intramolecular Hbond substituents is 1. The third-order valence-corrected chi connectivity index (χ3v) is 5.83. The van der Waals surface area contributed by atoms with Crippen molar-refractivity contribution in [2.24, 2.45) is 0 Å². The molecule has 1 N–H and O–H groups in total. The lowest BCUT2D eigenvalue weighted by molar-refractivity contribution is 0.0566. The summed E-state index contributed by atoms with van der Waals surface area (Å²) in [4.78, 5) is 0. The van der Waals surface area contributed by atoms with E-state index in [2.05, 4.69) is 19.9 Å². The van der Waals surface area contributed by atoms with Gasteiger partial charge in [-0.25, -0.2) is 4.39 Å². The van der Waals surface area contributed by atoms with Gasteiger partial charge in [0.05, 0.1) is 6.10 Å². The van der Waals surface area contributed by atoms with Crippen LogP contribution in [0, 0.1) is 5.82 Å². The van der Waals surface area contributed by atoms with E-state index in [0.717, 1.165) is 54.5 Å². The van der Waals surface area contributed by atoms with Gasteiger partial charge in [-0.3, -0.25) is 0 Å². The maximum atomic E-state index is 14.8. The summed E-state index contributed by atoms with van der Waals surface area (Å²) in [6, 6.07) is 20.3. The van der Waals surface area contributed by atoms with Crippen molar-refractivity contribution in [2.45, 2.75) is 58.5 Å². The smallest absolute Gasteiger partial charge is 0.131 e. The van der Waals surface area contributed by atoms with Gasteiger partial charge in [-0.15, -0.1) is 0 Å². The molecule has 0 amide bonds. The average molecular weight is 447 g/mol. The first-order valence-corrected chi connectivity index (χ1v) is 12.0. The van der Waals surface area contributed by atoms with E-state index in [0.29, 0.717) is 11.7 Å². The summed E-state index contributed by atoms with van der Waals surface area (Å²) in [5.41, 5.74) is 4.36. The molecule has 3 rings (SSSR count). The van der Waals surface area contributed by atoms with E-state index < -0.39 is 0 Å². The maximum Gasteiger partial charge on any atom is 0.131 e. The zero-order chi connectivity index (χ0) is 23.5. The van der Waals surface area contributed by atoms with E-state index in [1.807, 2.05) is 54.6 Å². The lowest BCUT2D eigenvalue weighted by Crippen LogP contribution is -2.08. The van der Waals surface area contributed by atoms with Gasteiger partial charge in [-0.2, -0.15) is 0 Å². The van der Waals surface area contributed by atoms with Crippen LogP contribution in [0.4, 0.5) is 4.39 Å². The van der Waals surface area contributed by atoms with Gasteiger partial charge in [0.15, 0.2) is 0 Å². The summed E-state index contributed by atoms with van der Waals surface area (Å²) in [6.07, 6.45) is 11.1. The van der Waals surface area contributed by atoms with E-state index >= 15 is 0 Å². The number of phenols is 1. The van der Waals surface area contributed by atoms with Gasteiger partial charge in [-0.05, 0) is 73.1 Å². The molecule has 2 nitrogen and oxygen atoms in total. The van der Waals surface area contributed by atoms with Crippen LogP contribution in [0.15, 0.2) is 72.8 Å². The highest BCUT2D eigenvalue weighted by Crippen LogP contribution is 2.28. The molecule has 0 aliphatic carbocycles. The highest BCUT2D eigenvalue weighted by molar-refractivity contribution is 5.71. The number of hydrogen-bond acceptors (Lipinski definition) is 2. The van der Waals surface area contributed by atoms with E-state index in [1.54, 1.807) is 18.2 Å². The fraction of sp³-hybridized carbons (Fsp3) is 0.333. The Kier molecular flexibility index (Phi) is 9.71. The van der Waals surface area contributed by atoms with Crippen LogP contribution in [0.2, 0.25) is 0 Å². The number of ether oxygens (including phenoxy) is 1. The van der Waals surface area contributed by atoms with Crippen LogP contribution in [0.25, 0.3) is 28.3 Å². The van der Waals surface area contributed by atoms with Gasteiger partial charge in [0, 0.05) is 12.2 Å². The molecule has 33 heavy (non-hydrogen) atoms. The van der Waals surface area contributed by atoms with Gasteiger partial charge in [-0.1, -0.05) is 80.4 Å². The molecule has 0 aromatic heterocycles. The molecule has 0 saturated heterocycles. The Morgan fingerprint density at radius 2 is 1.55 bits per heavy atom. The summed E-state index contributed by atoms with van der Waals surface area (Å²) < 4.78 is 20.6. The molecule has 0 aliphatic rings. The molecule has 0 fully saturated rings. The topological polar surface area (TPSA) is 29.5 Å². The average Bonchev–Trinajstić information content (AvgIpc) is 2.82. The van der Waals surface area contributed by atoms with Crippen molar-refractivity contribution in [3.05, 3.63) is 84.2 Å². The highest BCUT2D eigenvalue weighted by atomic mass is 19.1. The summed E-state index contributed by atoms with van der Waals surface area (Å²) in [5.74, 6) is 0.0246. The third kappa shape index (κ3) is 7.87. The van der Waals surface area contributed by atoms with E-state index in [-0.39, 0.29) is 11.6 Å². The SMILES string of the molecule is CCCCCOC(C)CCC/C=C/c1ccc(-c2ccc(-c3ccc(O)cc3)cc2)c(F)c1. The van der Waals surface area contributed by atoms with Crippen molar-refractivity contribution in [3.8, 4) is 28.0 Å². The van der Waals surface area contributed by atoms with Crippen LogP contribution in [0.5, 0.6) is 5.75 Å². The monoisotopic (exact) mass is 446 g/mol. The molecule has 0 aliphatic heterocycles. The van der Waals surface area contributed by atoms with Gasteiger partial charge >= 0.3 is 0 Å². The largest absolute Gasteiger partial charge is 0.508 e. The second-order valence-corrected chi connectivity index (χ2v) is 8.59. The number of unbranched alkanes of at least 4 members (excludes halogenated alkanes) is 3. The van der Waals surface area contributed by atoms with Gasteiger partial charge in [0.25, 0.3) is 0 Å². The summed E-state index contributed by atoms with van der Waals surface area (Å²) in [7, 11) is 0. The Labute approximate surface area is 197 Å². The van der Waals surface area contributed by atoms with Crippen LogP contribution < -0.4 is 0 Å². The minimum atomic E-state index is -0.219. The summed E-state index contributed by atoms with van der Waals surface area (Å²) >= 11 is 0. The molecule has 1 atom stereocenters. The van der Waals surface area contributed by atoms with E-state index in [4.69, 9.17) is 4.74 Å². The molecule has 0 bridgehead atoms. The molecular formula is C30H35FO2. The Morgan fingerprint density at radius 3 is 2.21 bits per heavy atom. The lowest BCUT2D eigenvalue weighted by Gasteiger charge is -2.12. The predicted octanol–water partition coefficient (Wildman–Crippen LogP) is 8.64. The lowest BCUT2D eigenvalue weighted by atomic mass is 9.99. The van der Waals surface area contributed by atoms with Crippen molar-refractivity contribution >= 4 is 6.08 Å². The molecule has 1 unspecified atom stereocenters. The van der Waals surface area contributed by atoms with Crippen molar-refractivity contribution in [1.82, 2.24) is 0 Å². The first-order chi connectivity index (χ1) is 16.1. The number of halogens is 1. The number of rotatable bonds is 12. The Balaban J connectivity index is 1.51. The van der Waals surface area contributed by atoms with Crippen LogP contribution in [-0.2, 0) is 4.74 Å². The molecule has 3 aromatic carbocycles. The van der Waals surface area contributed by atoms with Gasteiger partial charge in [0.2, 0.25) is 0 Å². The minimum Gasteiger partial charge on any atom is -0.508 e. The molecule has 3 heteroatoms. The third-order valence-electron chi connectivity index (χ3n) is 5.83. The standard InChI is InChI=1S/C30H35FO2/c1-3-4-8-21-33-23(2)9-6-5-7-10-24-11-20-29(30(31)22-24)27-14-12-25(13-15-27)26-16-18-28(32)19-17-26/h7,10-20,22-23,32H,3-6,8-9,21H2,1-2H3/b10-7+. The molecule has 0 heterocycles. The summed E-state index contributed by atoms with van der Waals surface area (Å²) in [6.45, 7) is 5.20. The van der Waals surface area contributed by atoms with E-state index in [9.17, 15) is 9.50 Å². The second kappa shape index (κ2) is 13.0. The number of benzene rings is 3. The molecule has 3 aromatic rings. The fourth-order valence-corrected chi connectivity index (χ4v) is 3.83. The molecule has 0 spiro atoms. The van der Waals surface area contributed by atoms with Crippen LogP contribution in [-0.4, -0.2) is 17.8 Å². The Morgan fingerprint density at radius 1 is 0.879 bits per heavy atom. The first kappa shape index (κ1) is 24.7. The normalized spacial score (nSPS) is 12.3. The van der Waals surface area contributed by atoms with Crippen molar-refractivity contribution in [1.29, 1.82) is 0 Å². The second-order valence-electron chi connectivity index (χ2n) is 8.59. The van der Waals surface area contributed by atoms with Crippen LogP contribution in [0.3, 0.4) is 0 Å². The zero-order valence-electron chi connectivity index (χ0n) is 19.8. The molecule has 0 saturated carbocycles. The van der Waals surface area contributed by atoms with Crippen molar-refractivity contribution in [2.75, 3.05) is 6.61 Å². The minimum absolute atomic E-state index is 0.219. The summed E-state index contributed by atoms with van der Waals surface area (Å²) in [5, 5.41) is 9.44. The molecular weight excluding hydrogens is 411 g/mol. The number of allylic oxidation sites excluding steroid dienone is 1.